The molecule has 1 N–H and O–H groups in total. The summed E-state index contributed by atoms with van der Waals surface area (Å²) in [4.78, 5) is 38.3. The molecule has 1 aliphatic rings. The molecule has 1 fully saturated rings. The van der Waals surface area contributed by atoms with Crippen LogP contribution in [0.3, 0.4) is 0 Å². The molecule has 0 spiro atoms. The maximum atomic E-state index is 12.4. The van der Waals surface area contributed by atoms with Gasteiger partial charge in [-0.05, 0) is 36.8 Å². The number of hydrogen-bond acceptors (Lipinski definition) is 5. The fourth-order valence-corrected chi connectivity index (χ4v) is 3.40. The largest absolute Gasteiger partial charge is 0.495 e. The Morgan fingerprint density at radius 1 is 1.24 bits per heavy atom. The zero-order valence-corrected chi connectivity index (χ0v) is 16.9. The molecular weight excluding hydrogens is 396 g/mol. The topological polar surface area (TPSA) is 84.9 Å². The normalized spacial score (nSPS) is 15.9. The van der Waals surface area contributed by atoms with Gasteiger partial charge in [0.15, 0.2) is 6.61 Å². The van der Waals surface area contributed by atoms with E-state index in [0.29, 0.717) is 22.1 Å². The summed E-state index contributed by atoms with van der Waals surface area (Å²) < 4.78 is 10.4. The van der Waals surface area contributed by atoms with Gasteiger partial charge in [0.25, 0.3) is 5.91 Å². The molecule has 2 aromatic rings. The number of amides is 2. The number of nitrogens with zero attached hydrogens (tertiary/aromatic N) is 1. The molecule has 8 heteroatoms. The number of ether oxygens (including phenoxy) is 2. The lowest BCUT2D eigenvalue weighted by Crippen LogP contribution is -2.28. The highest BCUT2D eigenvalue weighted by molar-refractivity contribution is 6.33. The van der Waals surface area contributed by atoms with Gasteiger partial charge in [-0.15, -0.1) is 0 Å². The molecule has 0 saturated carbocycles. The van der Waals surface area contributed by atoms with Gasteiger partial charge in [0.1, 0.15) is 5.75 Å². The van der Waals surface area contributed by atoms with Crippen molar-refractivity contribution < 1.29 is 23.9 Å². The Labute approximate surface area is 173 Å². The molecular formula is C21H21ClN2O5. The van der Waals surface area contributed by atoms with Crippen LogP contribution in [0, 0.1) is 12.8 Å². The second-order valence-electron chi connectivity index (χ2n) is 6.72. The first-order chi connectivity index (χ1) is 13.9. The summed E-state index contributed by atoms with van der Waals surface area (Å²) in [6.07, 6.45) is 0.0162. The number of anilines is 2. The molecule has 152 valence electrons. The van der Waals surface area contributed by atoms with Crippen molar-refractivity contribution in [2.45, 2.75) is 13.3 Å². The average molecular weight is 417 g/mol. The number of esters is 1. The number of aryl methyl sites for hydroxylation is 1. The van der Waals surface area contributed by atoms with Gasteiger partial charge in [0.05, 0.1) is 29.4 Å². The zero-order chi connectivity index (χ0) is 21.0. The molecule has 29 heavy (non-hydrogen) atoms. The standard InChI is InChI=1S/C21H21ClN2O5/c1-13-7-8-16(15(22)9-13)23-19(25)12-29-21(27)14-10-20(26)24(11-14)17-5-3-4-6-18(17)28-2/h3-9,14H,10-12H2,1-2H3,(H,23,25)/t14-/m0/s1. The number of methoxy groups -OCH3 is 1. The third kappa shape index (κ3) is 4.86. The van der Waals surface area contributed by atoms with Crippen LogP contribution < -0.4 is 15.0 Å². The highest BCUT2D eigenvalue weighted by atomic mass is 35.5. The van der Waals surface area contributed by atoms with Crippen molar-refractivity contribution in [3.8, 4) is 5.75 Å². The highest BCUT2D eigenvalue weighted by Crippen LogP contribution is 2.33. The number of para-hydroxylation sites is 2. The molecule has 0 aliphatic carbocycles. The second kappa shape index (κ2) is 8.96. The third-order valence-electron chi connectivity index (χ3n) is 4.58. The van der Waals surface area contributed by atoms with E-state index in [0.717, 1.165) is 5.56 Å². The smallest absolute Gasteiger partial charge is 0.311 e. The van der Waals surface area contributed by atoms with Gasteiger partial charge in [-0.1, -0.05) is 29.8 Å². The molecule has 3 rings (SSSR count). The molecule has 1 heterocycles. The van der Waals surface area contributed by atoms with Crippen LogP contribution in [0.4, 0.5) is 11.4 Å². The zero-order valence-electron chi connectivity index (χ0n) is 16.1. The van der Waals surface area contributed by atoms with E-state index in [2.05, 4.69) is 5.32 Å². The molecule has 1 aliphatic heterocycles. The Kier molecular flexibility index (Phi) is 6.39. The Hall–Kier alpha value is -3.06. The molecule has 0 radical (unpaired) electrons. The summed E-state index contributed by atoms with van der Waals surface area (Å²) >= 11 is 6.08. The number of carbonyl (C=O) groups is 3. The van der Waals surface area contributed by atoms with Crippen molar-refractivity contribution in [3.05, 3.63) is 53.1 Å². The Morgan fingerprint density at radius 2 is 2.00 bits per heavy atom. The molecule has 1 saturated heterocycles. The first-order valence-corrected chi connectivity index (χ1v) is 9.43. The van der Waals surface area contributed by atoms with E-state index >= 15 is 0 Å². The van der Waals surface area contributed by atoms with Crippen LogP contribution in [0.25, 0.3) is 0 Å². The van der Waals surface area contributed by atoms with Crippen LogP contribution in [-0.4, -0.2) is 38.0 Å². The minimum Gasteiger partial charge on any atom is -0.495 e. The van der Waals surface area contributed by atoms with Crippen LogP contribution in [0.2, 0.25) is 5.02 Å². The number of halogens is 1. The molecule has 1 atom stereocenters. The Morgan fingerprint density at radius 3 is 2.72 bits per heavy atom. The van der Waals surface area contributed by atoms with Crippen LogP contribution >= 0.6 is 11.6 Å². The average Bonchev–Trinajstić information content (AvgIpc) is 3.09. The quantitative estimate of drug-likeness (QED) is 0.731. The van der Waals surface area contributed by atoms with E-state index in [-0.39, 0.29) is 18.9 Å². The molecule has 0 bridgehead atoms. The number of nitrogens with one attached hydrogen (secondary N) is 1. The van der Waals surface area contributed by atoms with Crippen LogP contribution in [-0.2, 0) is 19.1 Å². The monoisotopic (exact) mass is 416 g/mol. The summed E-state index contributed by atoms with van der Waals surface area (Å²) in [5, 5.41) is 3.00. The molecule has 2 amide bonds. The maximum absolute atomic E-state index is 12.4. The first kappa shape index (κ1) is 20.7. The van der Waals surface area contributed by atoms with E-state index in [1.807, 2.05) is 13.0 Å². The fraction of sp³-hybridized carbons (Fsp3) is 0.286. The summed E-state index contributed by atoms with van der Waals surface area (Å²) in [5.41, 5.74) is 2.00. The van der Waals surface area contributed by atoms with Crippen molar-refractivity contribution in [2.24, 2.45) is 5.92 Å². The summed E-state index contributed by atoms with van der Waals surface area (Å²) in [6.45, 7) is 1.60. The van der Waals surface area contributed by atoms with E-state index < -0.39 is 24.4 Å². The van der Waals surface area contributed by atoms with Crippen molar-refractivity contribution in [3.63, 3.8) is 0 Å². The third-order valence-corrected chi connectivity index (χ3v) is 4.89. The van der Waals surface area contributed by atoms with E-state index in [1.165, 1.54) is 12.0 Å². The van der Waals surface area contributed by atoms with Gasteiger partial charge in [0, 0.05) is 13.0 Å². The van der Waals surface area contributed by atoms with E-state index in [1.54, 1.807) is 36.4 Å². The van der Waals surface area contributed by atoms with Crippen molar-refractivity contribution in [2.75, 3.05) is 30.5 Å². The lowest BCUT2D eigenvalue weighted by Gasteiger charge is -2.19. The number of rotatable bonds is 6. The Balaban J connectivity index is 1.56. The summed E-state index contributed by atoms with van der Waals surface area (Å²) in [5.74, 6) is -1.41. The molecule has 2 aromatic carbocycles. The van der Waals surface area contributed by atoms with Gasteiger partial charge < -0.3 is 19.7 Å². The first-order valence-electron chi connectivity index (χ1n) is 9.05. The van der Waals surface area contributed by atoms with Crippen molar-refractivity contribution in [1.82, 2.24) is 0 Å². The van der Waals surface area contributed by atoms with Gasteiger partial charge in [0.2, 0.25) is 5.91 Å². The molecule has 0 aromatic heterocycles. The highest BCUT2D eigenvalue weighted by Gasteiger charge is 2.37. The van der Waals surface area contributed by atoms with Gasteiger partial charge in [-0.2, -0.15) is 0 Å². The number of carbonyl (C=O) groups excluding carboxylic acids is 3. The summed E-state index contributed by atoms with van der Waals surface area (Å²) in [6, 6.07) is 12.3. The van der Waals surface area contributed by atoms with E-state index in [4.69, 9.17) is 21.1 Å². The number of hydrogen-bond donors (Lipinski definition) is 1. The predicted molar refractivity (Wildman–Crippen MR) is 109 cm³/mol. The van der Waals surface area contributed by atoms with Crippen molar-refractivity contribution >= 4 is 40.8 Å². The minimum atomic E-state index is -0.650. The molecule has 7 nitrogen and oxygen atoms in total. The van der Waals surface area contributed by atoms with Gasteiger partial charge >= 0.3 is 5.97 Å². The molecule has 0 unspecified atom stereocenters. The van der Waals surface area contributed by atoms with Crippen molar-refractivity contribution in [1.29, 1.82) is 0 Å². The lowest BCUT2D eigenvalue weighted by atomic mass is 10.1. The summed E-state index contributed by atoms with van der Waals surface area (Å²) in [7, 11) is 1.52. The van der Waals surface area contributed by atoms with E-state index in [9.17, 15) is 14.4 Å². The Bertz CT molecular complexity index is 946. The lowest BCUT2D eigenvalue weighted by molar-refractivity contribution is -0.151. The SMILES string of the molecule is COc1ccccc1N1C[C@@H](C(=O)OCC(=O)Nc2ccc(C)cc2Cl)CC1=O. The minimum absolute atomic E-state index is 0.0162. The van der Waals surface area contributed by atoms with Gasteiger partial charge in [-0.25, -0.2) is 0 Å². The van der Waals surface area contributed by atoms with Crippen LogP contribution in [0.1, 0.15) is 12.0 Å². The van der Waals surface area contributed by atoms with Crippen LogP contribution in [0.15, 0.2) is 42.5 Å². The fourth-order valence-electron chi connectivity index (χ4n) is 3.11. The van der Waals surface area contributed by atoms with Gasteiger partial charge in [-0.3, -0.25) is 14.4 Å². The maximum Gasteiger partial charge on any atom is 0.311 e. The predicted octanol–water partition coefficient (Wildman–Crippen LogP) is 3.19. The van der Waals surface area contributed by atoms with Crippen LogP contribution in [0.5, 0.6) is 5.75 Å². The second-order valence-corrected chi connectivity index (χ2v) is 7.12. The number of benzene rings is 2.